The first-order chi connectivity index (χ1) is 10.1. The summed E-state index contributed by atoms with van der Waals surface area (Å²) in [5.41, 5.74) is 1.24. The SMILES string of the molecule is C=CCOC(=O)N1C[C@H](O)C[C@H]1Cc1ccnc(C#N)c1. The number of aliphatic hydroxyl groups excluding tert-OH is 1. The lowest BCUT2D eigenvalue weighted by molar-refractivity contribution is 0.102. The van der Waals surface area contributed by atoms with E-state index in [1.165, 1.54) is 11.0 Å². The summed E-state index contributed by atoms with van der Waals surface area (Å²) in [6, 6.07) is 5.34. The van der Waals surface area contributed by atoms with Crippen LogP contribution in [0.1, 0.15) is 17.7 Å². The van der Waals surface area contributed by atoms with Crippen molar-refractivity contribution >= 4 is 6.09 Å². The van der Waals surface area contributed by atoms with Crippen molar-refractivity contribution in [1.29, 1.82) is 5.26 Å². The van der Waals surface area contributed by atoms with Crippen LogP contribution in [0.25, 0.3) is 0 Å². The van der Waals surface area contributed by atoms with Gasteiger partial charge < -0.3 is 14.7 Å². The quantitative estimate of drug-likeness (QED) is 0.842. The van der Waals surface area contributed by atoms with Gasteiger partial charge in [0.05, 0.1) is 12.6 Å². The van der Waals surface area contributed by atoms with Gasteiger partial charge >= 0.3 is 6.09 Å². The van der Waals surface area contributed by atoms with Crippen LogP contribution in [0.3, 0.4) is 0 Å². The predicted octanol–water partition coefficient (Wildman–Crippen LogP) is 1.25. The van der Waals surface area contributed by atoms with Crippen LogP contribution in [0.4, 0.5) is 4.79 Å². The van der Waals surface area contributed by atoms with Crippen molar-refractivity contribution in [3.8, 4) is 6.07 Å². The number of carbonyl (C=O) groups excluding carboxylic acids is 1. The van der Waals surface area contributed by atoms with Crippen molar-refractivity contribution in [3.05, 3.63) is 42.2 Å². The summed E-state index contributed by atoms with van der Waals surface area (Å²) in [4.78, 5) is 17.4. The third-order valence-electron chi connectivity index (χ3n) is 3.36. The first-order valence-electron chi connectivity index (χ1n) is 6.71. The second-order valence-electron chi connectivity index (χ2n) is 4.93. The van der Waals surface area contributed by atoms with Gasteiger partial charge in [-0.25, -0.2) is 9.78 Å². The number of aliphatic hydroxyl groups is 1. The minimum atomic E-state index is -0.552. The Kier molecular flexibility index (Phi) is 4.90. The fourth-order valence-electron chi connectivity index (χ4n) is 2.46. The van der Waals surface area contributed by atoms with Crippen molar-refractivity contribution in [2.24, 2.45) is 0 Å². The molecule has 0 radical (unpaired) electrons. The van der Waals surface area contributed by atoms with Gasteiger partial charge in [-0.1, -0.05) is 12.7 Å². The molecule has 1 N–H and O–H groups in total. The molecule has 0 bridgehead atoms. The standard InChI is InChI=1S/C15H17N3O3/c1-2-5-21-15(20)18-10-14(19)8-13(18)7-11-3-4-17-12(6-11)9-16/h2-4,6,13-14,19H,1,5,7-8,10H2/t13-,14-/m1/s1. The van der Waals surface area contributed by atoms with Crippen molar-refractivity contribution in [1.82, 2.24) is 9.88 Å². The lowest BCUT2D eigenvalue weighted by Gasteiger charge is -2.23. The molecule has 2 rings (SSSR count). The van der Waals surface area contributed by atoms with Crippen LogP contribution >= 0.6 is 0 Å². The molecule has 1 aromatic heterocycles. The van der Waals surface area contributed by atoms with E-state index in [0.29, 0.717) is 18.5 Å². The average Bonchev–Trinajstić information content (AvgIpc) is 2.85. The highest BCUT2D eigenvalue weighted by Gasteiger charge is 2.35. The summed E-state index contributed by atoms with van der Waals surface area (Å²) in [5.74, 6) is 0. The number of rotatable bonds is 4. The summed E-state index contributed by atoms with van der Waals surface area (Å²) in [7, 11) is 0. The number of ether oxygens (including phenoxy) is 1. The van der Waals surface area contributed by atoms with E-state index in [9.17, 15) is 9.90 Å². The third-order valence-corrected chi connectivity index (χ3v) is 3.36. The van der Waals surface area contributed by atoms with Crippen molar-refractivity contribution in [3.63, 3.8) is 0 Å². The van der Waals surface area contributed by atoms with E-state index < -0.39 is 12.2 Å². The first-order valence-corrected chi connectivity index (χ1v) is 6.71. The van der Waals surface area contributed by atoms with Crippen LogP contribution in [0.15, 0.2) is 31.0 Å². The van der Waals surface area contributed by atoms with Crippen molar-refractivity contribution in [2.75, 3.05) is 13.2 Å². The number of carbonyl (C=O) groups is 1. The zero-order chi connectivity index (χ0) is 15.2. The summed E-state index contributed by atoms with van der Waals surface area (Å²) in [5, 5.41) is 18.6. The van der Waals surface area contributed by atoms with Gasteiger partial charge in [-0.2, -0.15) is 5.26 Å². The van der Waals surface area contributed by atoms with Gasteiger partial charge in [0.15, 0.2) is 0 Å². The number of likely N-dealkylation sites (tertiary alicyclic amines) is 1. The highest BCUT2D eigenvalue weighted by atomic mass is 16.6. The number of hydrogen-bond acceptors (Lipinski definition) is 5. The first kappa shape index (κ1) is 15.0. The lowest BCUT2D eigenvalue weighted by atomic mass is 10.0. The van der Waals surface area contributed by atoms with Crippen LogP contribution in [0.2, 0.25) is 0 Å². The van der Waals surface area contributed by atoms with Crippen LogP contribution in [-0.4, -0.2) is 46.4 Å². The maximum atomic E-state index is 12.0. The minimum Gasteiger partial charge on any atom is -0.445 e. The molecule has 1 aliphatic rings. The molecule has 110 valence electrons. The molecular formula is C15H17N3O3. The van der Waals surface area contributed by atoms with Crippen LogP contribution in [0, 0.1) is 11.3 Å². The van der Waals surface area contributed by atoms with E-state index >= 15 is 0 Å². The van der Waals surface area contributed by atoms with Gasteiger partial charge in [-0.05, 0) is 30.5 Å². The van der Waals surface area contributed by atoms with E-state index in [1.54, 1.807) is 18.3 Å². The number of hydrogen-bond donors (Lipinski definition) is 1. The van der Waals surface area contributed by atoms with Crippen molar-refractivity contribution in [2.45, 2.75) is 25.0 Å². The molecule has 0 spiro atoms. The highest BCUT2D eigenvalue weighted by molar-refractivity contribution is 5.68. The monoisotopic (exact) mass is 287 g/mol. The smallest absolute Gasteiger partial charge is 0.410 e. The zero-order valence-corrected chi connectivity index (χ0v) is 11.6. The Labute approximate surface area is 123 Å². The Morgan fingerprint density at radius 1 is 1.71 bits per heavy atom. The number of β-amino-alcohol motifs (C(OH)–C–C–N with tert-alkyl or cyclic N) is 1. The predicted molar refractivity (Wildman–Crippen MR) is 75.3 cm³/mol. The van der Waals surface area contributed by atoms with E-state index in [2.05, 4.69) is 11.6 Å². The molecule has 1 fully saturated rings. The molecule has 2 heterocycles. The summed E-state index contributed by atoms with van der Waals surface area (Å²) < 4.78 is 5.03. The van der Waals surface area contributed by atoms with Gasteiger partial charge in [-0.3, -0.25) is 0 Å². The van der Waals surface area contributed by atoms with E-state index in [1.807, 2.05) is 6.07 Å². The van der Waals surface area contributed by atoms with Gasteiger partial charge in [-0.15, -0.1) is 0 Å². The molecule has 0 aliphatic carbocycles. The van der Waals surface area contributed by atoms with Gasteiger partial charge in [0, 0.05) is 12.2 Å². The molecule has 6 nitrogen and oxygen atoms in total. The van der Waals surface area contributed by atoms with E-state index in [0.717, 1.165) is 5.56 Å². The highest BCUT2D eigenvalue weighted by Crippen LogP contribution is 2.22. The fourth-order valence-corrected chi connectivity index (χ4v) is 2.46. The number of amides is 1. The second kappa shape index (κ2) is 6.86. The zero-order valence-electron chi connectivity index (χ0n) is 11.6. The average molecular weight is 287 g/mol. The maximum absolute atomic E-state index is 12.0. The number of pyridine rings is 1. The number of nitrogens with zero attached hydrogens (tertiary/aromatic N) is 3. The molecule has 2 atom stereocenters. The Morgan fingerprint density at radius 3 is 3.24 bits per heavy atom. The summed E-state index contributed by atoms with van der Waals surface area (Å²) >= 11 is 0. The van der Waals surface area contributed by atoms with Gasteiger partial charge in [0.2, 0.25) is 0 Å². The largest absolute Gasteiger partial charge is 0.445 e. The second-order valence-corrected chi connectivity index (χ2v) is 4.93. The van der Waals surface area contributed by atoms with Crippen molar-refractivity contribution < 1.29 is 14.6 Å². The summed E-state index contributed by atoms with van der Waals surface area (Å²) in [6.07, 6.45) is 3.11. The normalized spacial score (nSPS) is 20.9. The number of nitriles is 1. The molecule has 0 unspecified atom stereocenters. The molecule has 1 amide bonds. The van der Waals surface area contributed by atoms with E-state index in [4.69, 9.17) is 10.00 Å². The lowest BCUT2D eigenvalue weighted by Crippen LogP contribution is -2.37. The minimum absolute atomic E-state index is 0.145. The Balaban J connectivity index is 2.07. The molecular weight excluding hydrogens is 270 g/mol. The maximum Gasteiger partial charge on any atom is 0.410 e. The molecule has 1 saturated heterocycles. The Bertz CT molecular complexity index is 568. The van der Waals surface area contributed by atoms with E-state index in [-0.39, 0.29) is 19.2 Å². The molecule has 1 aliphatic heterocycles. The topological polar surface area (TPSA) is 86.4 Å². The Hall–Kier alpha value is -2.39. The molecule has 6 heteroatoms. The number of aromatic nitrogens is 1. The molecule has 1 aromatic rings. The van der Waals surface area contributed by atoms with Crippen LogP contribution in [0.5, 0.6) is 0 Å². The molecule has 21 heavy (non-hydrogen) atoms. The summed E-state index contributed by atoms with van der Waals surface area (Å²) in [6.45, 7) is 3.90. The van der Waals surface area contributed by atoms with Gasteiger partial charge in [0.1, 0.15) is 18.4 Å². The molecule has 0 aromatic carbocycles. The Morgan fingerprint density at radius 2 is 2.52 bits per heavy atom. The fraction of sp³-hybridized carbons (Fsp3) is 0.400. The van der Waals surface area contributed by atoms with Gasteiger partial charge in [0.25, 0.3) is 0 Å². The third kappa shape index (κ3) is 3.80. The molecule has 0 saturated carbocycles. The van der Waals surface area contributed by atoms with Crippen LogP contribution in [-0.2, 0) is 11.2 Å². The van der Waals surface area contributed by atoms with Crippen LogP contribution < -0.4 is 0 Å².